The summed E-state index contributed by atoms with van der Waals surface area (Å²) >= 11 is 0. The van der Waals surface area contributed by atoms with E-state index in [1.807, 2.05) is 11.9 Å². The molecule has 2 aromatic rings. The lowest BCUT2D eigenvalue weighted by atomic mass is 9.95. The van der Waals surface area contributed by atoms with Crippen LogP contribution < -0.4 is 4.90 Å². The standard InChI is InChI=1S/C22H30N6O/c1-15-19-6-4-9-27(12-16-7-8-16)21(19)25-20(24-15)17-5-3-10-28(14-17)22(29)18-11-23-26(2)13-18/h11,13,16-17H,3-10,12,14H2,1-2H3. The molecule has 5 rings (SSSR count). The normalized spacial score (nSPS) is 21.9. The van der Waals surface area contributed by atoms with E-state index in [0.29, 0.717) is 12.1 Å². The van der Waals surface area contributed by atoms with Crippen LogP contribution in [0.5, 0.6) is 0 Å². The minimum atomic E-state index is 0.0628. The molecule has 1 amide bonds. The summed E-state index contributed by atoms with van der Waals surface area (Å²) in [6.07, 6.45) is 10.5. The summed E-state index contributed by atoms with van der Waals surface area (Å²) in [7, 11) is 1.84. The van der Waals surface area contributed by atoms with E-state index in [-0.39, 0.29) is 11.8 Å². The first-order valence-electron chi connectivity index (χ1n) is 11.0. The van der Waals surface area contributed by atoms with E-state index in [4.69, 9.17) is 9.97 Å². The number of piperidine rings is 1. The lowest BCUT2D eigenvalue weighted by Crippen LogP contribution is -2.40. The number of anilines is 1. The summed E-state index contributed by atoms with van der Waals surface area (Å²) in [5, 5.41) is 4.15. The molecule has 1 unspecified atom stereocenters. The monoisotopic (exact) mass is 394 g/mol. The first-order valence-corrected chi connectivity index (χ1v) is 11.0. The highest BCUT2D eigenvalue weighted by atomic mass is 16.2. The summed E-state index contributed by atoms with van der Waals surface area (Å²) in [5.41, 5.74) is 3.12. The third-order valence-corrected chi connectivity index (χ3v) is 6.56. The Morgan fingerprint density at radius 1 is 1.17 bits per heavy atom. The van der Waals surface area contributed by atoms with E-state index in [9.17, 15) is 4.79 Å². The number of carbonyl (C=O) groups excluding carboxylic acids is 1. The highest BCUT2D eigenvalue weighted by Gasteiger charge is 2.32. The zero-order chi connectivity index (χ0) is 20.0. The second-order valence-electron chi connectivity index (χ2n) is 8.96. The van der Waals surface area contributed by atoms with Gasteiger partial charge in [-0.2, -0.15) is 5.10 Å². The molecule has 1 saturated carbocycles. The van der Waals surface area contributed by atoms with Crippen molar-refractivity contribution in [2.75, 3.05) is 31.1 Å². The molecule has 0 radical (unpaired) electrons. The maximum absolute atomic E-state index is 12.9. The third kappa shape index (κ3) is 3.74. The summed E-state index contributed by atoms with van der Waals surface area (Å²) < 4.78 is 1.68. The Labute approximate surface area is 172 Å². The molecule has 2 fully saturated rings. The van der Waals surface area contributed by atoms with Gasteiger partial charge in [0, 0.05) is 56.6 Å². The molecule has 3 aliphatic rings. The second-order valence-corrected chi connectivity index (χ2v) is 8.96. The van der Waals surface area contributed by atoms with Crippen LogP contribution in [0, 0.1) is 12.8 Å². The Bertz CT molecular complexity index is 918. The Balaban J connectivity index is 1.38. The highest BCUT2D eigenvalue weighted by molar-refractivity contribution is 5.93. The van der Waals surface area contributed by atoms with Crippen LogP contribution >= 0.6 is 0 Å². The predicted octanol–water partition coefficient (Wildman–Crippen LogP) is 2.70. The number of hydrogen-bond donors (Lipinski definition) is 0. The van der Waals surface area contributed by atoms with Gasteiger partial charge in [0.1, 0.15) is 11.6 Å². The van der Waals surface area contributed by atoms with Crippen molar-refractivity contribution < 1.29 is 4.79 Å². The van der Waals surface area contributed by atoms with Crippen LogP contribution in [-0.2, 0) is 13.5 Å². The van der Waals surface area contributed by atoms with Crippen molar-refractivity contribution in [3.63, 3.8) is 0 Å². The average Bonchev–Trinajstić information content (AvgIpc) is 3.45. The molecule has 154 valence electrons. The molecule has 7 nitrogen and oxygen atoms in total. The number of likely N-dealkylation sites (tertiary alicyclic amines) is 1. The zero-order valence-electron chi connectivity index (χ0n) is 17.5. The molecular weight excluding hydrogens is 364 g/mol. The molecule has 0 N–H and O–H groups in total. The number of hydrogen-bond acceptors (Lipinski definition) is 5. The number of amides is 1. The quantitative estimate of drug-likeness (QED) is 0.798. The van der Waals surface area contributed by atoms with Crippen molar-refractivity contribution in [3.05, 3.63) is 35.0 Å². The van der Waals surface area contributed by atoms with Gasteiger partial charge in [0.2, 0.25) is 0 Å². The summed E-state index contributed by atoms with van der Waals surface area (Å²) in [4.78, 5) is 27.3. The van der Waals surface area contributed by atoms with Gasteiger partial charge in [-0.25, -0.2) is 9.97 Å². The van der Waals surface area contributed by atoms with E-state index in [1.165, 1.54) is 30.6 Å². The number of fused-ring (bicyclic) bond motifs is 1. The van der Waals surface area contributed by atoms with E-state index < -0.39 is 0 Å². The Hall–Kier alpha value is -2.44. The minimum Gasteiger partial charge on any atom is -0.356 e. The summed E-state index contributed by atoms with van der Waals surface area (Å²) in [6.45, 7) is 5.86. The van der Waals surface area contributed by atoms with Crippen LogP contribution in [0.3, 0.4) is 0 Å². The van der Waals surface area contributed by atoms with Crippen LogP contribution in [0.4, 0.5) is 5.82 Å². The van der Waals surface area contributed by atoms with Gasteiger partial charge in [0.15, 0.2) is 0 Å². The Morgan fingerprint density at radius 2 is 2.03 bits per heavy atom. The largest absolute Gasteiger partial charge is 0.356 e. The molecule has 4 heterocycles. The van der Waals surface area contributed by atoms with Gasteiger partial charge in [-0.3, -0.25) is 9.48 Å². The van der Waals surface area contributed by atoms with Crippen LogP contribution in [0.2, 0.25) is 0 Å². The smallest absolute Gasteiger partial charge is 0.257 e. The van der Waals surface area contributed by atoms with Gasteiger partial charge in [0.25, 0.3) is 5.91 Å². The van der Waals surface area contributed by atoms with E-state index >= 15 is 0 Å². The lowest BCUT2D eigenvalue weighted by Gasteiger charge is -2.34. The molecule has 7 heteroatoms. The van der Waals surface area contributed by atoms with Gasteiger partial charge in [0.05, 0.1) is 11.8 Å². The molecule has 29 heavy (non-hydrogen) atoms. The van der Waals surface area contributed by atoms with Crippen molar-refractivity contribution in [1.82, 2.24) is 24.6 Å². The molecular formula is C22H30N6O. The number of carbonyl (C=O) groups is 1. The molecule has 1 aliphatic carbocycles. The van der Waals surface area contributed by atoms with Gasteiger partial charge in [-0.15, -0.1) is 0 Å². The van der Waals surface area contributed by atoms with Crippen LogP contribution in [0.25, 0.3) is 0 Å². The van der Waals surface area contributed by atoms with E-state index in [0.717, 1.165) is 56.3 Å². The van der Waals surface area contributed by atoms with Crippen molar-refractivity contribution in [3.8, 4) is 0 Å². The molecule has 1 saturated heterocycles. The van der Waals surface area contributed by atoms with Crippen LogP contribution in [-0.4, -0.2) is 56.7 Å². The van der Waals surface area contributed by atoms with E-state index in [1.54, 1.807) is 17.1 Å². The highest BCUT2D eigenvalue weighted by Crippen LogP contribution is 2.36. The molecule has 0 spiro atoms. The minimum absolute atomic E-state index is 0.0628. The second kappa shape index (κ2) is 7.43. The maximum atomic E-state index is 12.9. The van der Waals surface area contributed by atoms with Crippen molar-refractivity contribution in [1.29, 1.82) is 0 Å². The first-order chi connectivity index (χ1) is 14.1. The molecule has 2 aromatic heterocycles. The molecule has 0 aromatic carbocycles. The summed E-state index contributed by atoms with van der Waals surface area (Å²) in [6, 6.07) is 0. The number of aryl methyl sites for hydroxylation is 2. The fraction of sp³-hybridized carbons (Fsp3) is 0.636. The van der Waals surface area contributed by atoms with E-state index in [2.05, 4.69) is 16.9 Å². The lowest BCUT2D eigenvalue weighted by molar-refractivity contribution is 0.0704. The number of aromatic nitrogens is 4. The number of nitrogens with zero attached hydrogens (tertiary/aromatic N) is 6. The van der Waals surface area contributed by atoms with Gasteiger partial charge < -0.3 is 9.80 Å². The molecule has 1 atom stereocenters. The van der Waals surface area contributed by atoms with Gasteiger partial charge in [-0.05, 0) is 51.4 Å². The zero-order valence-corrected chi connectivity index (χ0v) is 17.5. The maximum Gasteiger partial charge on any atom is 0.257 e. The SMILES string of the molecule is Cc1nc(C2CCCN(C(=O)c3cnn(C)c3)C2)nc2c1CCCN2CC1CC1. The van der Waals surface area contributed by atoms with Gasteiger partial charge >= 0.3 is 0 Å². The van der Waals surface area contributed by atoms with Crippen molar-refractivity contribution in [2.45, 2.75) is 51.4 Å². The topological polar surface area (TPSA) is 67.2 Å². The van der Waals surface area contributed by atoms with Crippen LogP contribution in [0.1, 0.15) is 65.5 Å². The average molecular weight is 395 g/mol. The number of rotatable bonds is 4. The summed E-state index contributed by atoms with van der Waals surface area (Å²) in [5.74, 6) is 3.21. The fourth-order valence-corrected chi connectivity index (χ4v) is 4.77. The van der Waals surface area contributed by atoms with Gasteiger partial charge in [-0.1, -0.05) is 0 Å². The third-order valence-electron chi connectivity index (χ3n) is 6.56. The Morgan fingerprint density at radius 3 is 2.79 bits per heavy atom. The fourth-order valence-electron chi connectivity index (χ4n) is 4.77. The molecule has 0 bridgehead atoms. The molecule has 2 aliphatic heterocycles. The Kier molecular flexibility index (Phi) is 4.76. The predicted molar refractivity (Wildman–Crippen MR) is 111 cm³/mol. The first kappa shape index (κ1) is 18.6. The van der Waals surface area contributed by atoms with Crippen LogP contribution in [0.15, 0.2) is 12.4 Å². The van der Waals surface area contributed by atoms with Crippen molar-refractivity contribution in [2.24, 2.45) is 13.0 Å². The van der Waals surface area contributed by atoms with Crippen molar-refractivity contribution >= 4 is 11.7 Å².